The van der Waals surface area contributed by atoms with Crippen molar-refractivity contribution in [3.63, 3.8) is 0 Å². The van der Waals surface area contributed by atoms with Gasteiger partial charge in [0.05, 0.1) is 6.54 Å². The fraction of sp³-hybridized carbons (Fsp3) is 0.0769. The number of hydrogen-bond donors (Lipinski definition) is 2. The fourth-order valence-electron chi connectivity index (χ4n) is 2.04. The molecule has 1 amide bonds. The SMILES string of the molecule is NNC(=O)c1nn(Cc2ccc(Cl)cc2Cl)c2nccnc12. The standard InChI is InChI=1S/C13H10Cl2N6O/c14-8-2-1-7(9(15)5-8)6-21-12-10(17-3-4-18-12)11(20-21)13(22)19-16/h1-5H,6,16H2,(H,19,22). The molecule has 0 saturated carbocycles. The van der Waals surface area contributed by atoms with Crippen LogP contribution in [0.25, 0.3) is 11.2 Å². The zero-order valence-electron chi connectivity index (χ0n) is 11.1. The summed E-state index contributed by atoms with van der Waals surface area (Å²) in [6.07, 6.45) is 3.00. The van der Waals surface area contributed by atoms with E-state index >= 15 is 0 Å². The highest BCUT2D eigenvalue weighted by molar-refractivity contribution is 6.35. The number of carbonyl (C=O) groups excluding carboxylic acids is 1. The lowest BCUT2D eigenvalue weighted by Crippen LogP contribution is -2.30. The van der Waals surface area contributed by atoms with Crippen molar-refractivity contribution in [2.24, 2.45) is 5.84 Å². The number of nitrogens with one attached hydrogen (secondary N) is 1. The molecule has 3 N–H and O–H groups in total. The van der Waals surface area contributed by atoms with Crippen molar-refractivity contribution >= 4 is 40.3 Å². The number of amides is 1. The molecule has 0 aliphatic rings. The average Bonchev–Trinajstić information content (AvgIpc) is 2.88. The molecule has 9 heteroatoms. The first-order valence-electron chi connectivity index (χ1n) is 6.22. The number of aromatic nitrogens is 4. The number of rotatable bonds is 3. The van der Waals surface area contributed by atoms with Gasteiger partial charge >= 0.3 is 0 Å². The van der Waals surface area contributed by atoms with Crippen LogP contribution in [0.15, 0.2) is 30.6 Å². The van der Waals surface area contributed by atoms with Gasteiger partial charge in [0.25, 0.3) is 5.91 Å². The maximum absolute atomic E-state index is 11.8. The molecule has 2 aromatic heterocycles. The lowest BCUT2D eigenvalue weighted by Gasteiger charge is -2.05. The Balaban J connectivity index is 2.09. The number of benzene rings is 1. The zero-order valence-corrected chi connectivity index (χ0v) is 12.6. The molecule has 22 heavy (non-hydrogen) atoms. The third kappa shape index (κ3) is 2.61. The van der Waals surface area contributed by atoms with Crippen LogP contribution in [0.5, 0.6) is 0 Å². The molecule has 0 fully saturated rings. The van der Waals surface area contributed by atoms with Gasteiger partial charge in [0, 0.05) is 22.4 Å². The van der Waals surface area contributed by atoms with Gasteiger partial charge in [0.2, 0.25) is 0 Å². The van der Waals surface area contributed by atoms with Crippen molar-refractivity contribution in [2.75, 3.05) is 0 Å². The van der Waals surface area contributed by atoms with Crippen molar-refractivity contribution in [1.82, 2.24) is 25.2 Å². The van der Waals surface area contributed by atoms with Gasteiger partial charge in [-0.2, -0.15) is 5.10 Å². The largest absolute Gasteiger partial charge is 0.289 e. The van der Waals surface area contributed by atoms with Gasteiger partial charge in [-0.1, -0.05) is 29.3 Å². The number of nitrogen functional groups attached to an aromatic ring is 1. The second kappa shape index (κ2) is 5.88. The van der Waals surface area contributed by atoms with Crippen LogP contribution in [0.2, 0.25) is 10.0 Å². The van der Waals surface area contributed by atoms with Gasteiger partial charge < -0.3 is 0 Å². The number of hydrogen-bond acceptors (Lipinski definition) is 5. The molecule has 0 aliphatic carbocycles. The fourth-order valence-corrected chi connectivity index (χ4v) is 2.51. The predicted molar refractivity (Wildman–Crippen MR) is 82.5 cm³/mol. The smallest absolute Gasteiger partial charge is 0.288 e. The molecule has 7 nitrogen and oxygen atoms in total. The highest BCUT2D eigenvalue weighted by Crippen LogP contribution is 2.23. The summed E-state index contributed by atoms with van der Waals surface area (Å²) >= 11 is 12.0. The predicted octanol–water partition coefficient (Wildman–Crippen LogP) is 1.78. The average molecular weight is 337 g/mol. The number of halogens is 2. The van der Waals surface area contributed by atoms with Crippen LogP contribution < -0.4 is 11.3 Å². The molecule has 0 saturated heterocycles. The second-order valence-corrected chi connectivity index (χ2v) is 5.29. The Morgan fingerprint density at radius 2 is 2.05 bits per heavy atom. The van der Waals surface area contributed by atoms with Gasteiger partial charge in [-0.3, -0.25) is 10.2 Å². The maximum Gasteiger partial charge on any atom is 0.288 e. The molecule has 3 rings (SSSR count). The molecule has 0 spiro atoms. The number of nitrogens with zero attached hydrogens (tertiary/aromatic N) is 4. The summed E-state index contributed by atoms with van der Waals surface area (Å²) in [4.78, 5) is 20.1. The molecule has 112 valence electrons. The van der Waals surface area contributed by atoms with Crippen LogP contribution >= 0.6 is 23.2 Å². The van der Waals surface area contributed by atoms with E-state index < -0.39 is 5.91 Å². The Morgan fingerprint density at radius 3 is 2.77 bits per heavy atom. The quantitative estimate of drug-likeness (QED) is 0.431. The number of hydrazine groups is 1. The molecule has 0 atom stereocenters. The van der Waals surface area contributed by atoms with Crippen LogP contribution in [0.4, 0.5) is 0 Å². The van der Waals surface area contributed by atoms with Crippen molar-refractivity contribution in [3.8, 4) is 0 Å². The highest BCUT2D eigenvalue weighted by Gasteiger charge is 2.19. The van der Waals surface area contributed by atoms with E-state index in [1.165, 1.54) is 12.4 Å². The number of fused-ring (bicyclic) bond motifs is 1. The van der Waals surface area contributed by atoms with E-state index in [0.717, 1.165) is 5.56 Å². The molecule has 0 bridgehead atoms. The summed E-state index contributed by atoms with van der Waals surface area (Å²) in [7, 11) is 0. The van der Waals surface area contributed by atoms with Crippen LogP contribution in [0.1, 0.15) is 16.1 Å². The summed E-state index contributed by atoms with van der Waals surface area (Å²) in [5.74, 6) is 4.63. The Labute approximate surface area is 135 Å². The van der Waals surface area contributed by atoms with Gasteiger partial charge in [0.1, 0.15) is 5.52 Å². The lowest BCUT2D eigenvalue weighted by atomic mass is 10.2. The molecule has 3 aromatic rings. The van der Waals surface area contributed by atoms with E-state index in [0.29, 0.717) is 27.8 Å². The first-order valence-corrected chi connectivity index (χ1v) is 6.98. The van der Waals surface area contributed by atoms with Gasteiger partial charge in [-0.25, -0.2) is 20.5 Å². The van der Waals surface area contributed by atoms with Gasteiger partial charge in [0.15, 0.2) is 11.3 Å². The van der Waals surface area contributed by atoms with E-state index in [1.54, 1.807) is 22.9 Å². The summed E-state index contributed by atoms with van der Waals surface area (Å²) < 4.78 is 1.54. The minimum atomic E-state index is -0.536. The third-order valence-electron chi connectivity index (χ3n) is 3.05. The van der Waals surface area contributed by atoms with Crippen molar-refractivity contribution in [2.45, 2.75) is 6.54 Å². The first-order chi connectivity index (χ1) is 10.6. The molecule has 2 heterocycles. The van der Waals surface area contributed by atoms with Crippen LogP contribution in [-0.4, -0.2) is 25.7 Å². The molecule has 0 radical (unpaired) electrons. The molecule has 0 aliphatic heterocycles. The summed E-state index contributed by atoms with van der Waals surface area (Å²) in [6.45, 7) is 0.322. The number of nitrogens with two attached hydrogens (primary N) is 1. The minimum Gasteiger partial charge on any atom is -0.289 e. The minimum absolute atomic E-state index is 0.107. The first kappa shape index (κ1) is 14.7. The van der Waals surface area contributed by atoms with Crippen LogP contribution in [0, 0.1) is 0 Å². The number of carbonyl (C=O) groups is 1. The van der Waals surface area contributed by atoms with Crippen molar-refractivity contribution in [1.29, 1.82) is 0 Å². The molecule has 0 unspecified atom stereocenters. The molecular formula is C13H10Cl2N6O. The van der Waals surface area contributed by atoms with Crippen molar-refractivity contribution in [3.05, 3.63) is 51.9 Å². The summed E-state index contributed by atoms with van der Waals surface area (Å²) in [5, 5.41) is 5.27. The van der Waals surface area contributed by atoms with Crippen molar-refractivity contribution < 1.29 is 4.79 Å². The lowest BCUT2D eigenvalue weighted by molar-refractivity contribution is 0.0949. The maximum atomic E-state index is 11.8. The van der Waals surface area contributed by atoms with Gasteiger partial charge in [-0.15, -0.1) is 0 Å². The van der Waals surface area contributed by atoms with E-state index in [4.69, 9.17) is 29.0 Å². The molecule has 1 aromatic carbocycles. The summed E-state index contributed by atoms with van der Waals surface area (Å²) in [6, 6.07) is 5.16. The Kier molecular flexibility index (Phi) is 3.93. The second-order valence-electron chi connectivity index (χ2n) is 4.44. The monoisotopic (exact) mass is 336 g/mol. The Bertz CT molecular complexity index is 863. The third-order valence-corrected chi connectivity index (χ3v) is 3.64. The van der Waals surface area contributed by atoms with E-state index in [2.05, 4.69) is 15.1 Å². The van der Waals surface area contributed by atoms with Gasteiger partial charge in [-0.05, 0) is 17.7 Å². The van der Waals surface area contributed by atoms with E-state index in [1.807, 2.05) is 5.43 Å². The Hall–Kier alpha value is -2.22. The Morgan fingerprint density at radius 1 is 1.27 bits per heavy atom. The van der Waals surface area contributed by atoms with Crippen LogP contribution in [-0.2, 0) is 6.54 Å². The highest BCUT2D eigenvalue weighted by atomic mass is 35.5. The van der Waals surface area contributed by atoms with E-state index in [9.17, 15) is 4.79 Å². The topological polar surface area (TPSA) is 98.7 Å². The van der Waals surface area contributed by atoms with E-state index in [-0.39, 0.29) is 5.69 Å². The zero-order chi connectivity index (χ0) is 15.7. The van der Waals surface area contributed by atoms with Crippen LogP contribution in [0.3, 0.4) is 0 Å². The molecular weight excluding hydrogens is 327 g/mol. The normalized spacial score (nSPS) is 10.9. The summed E-state index contributed by atoms with van der Waals surface area (Å²) in [5.41, 5.74) is 3.78.